The number of nitrogens with two attached hydrogens (primary N) is 1. The lowest BCUT2D eigenvalue weighted by Gasteiger charge is -2.14. The first-order chi connectivity index (χ1) is 8.46. The molecule has 4 N–H and O–H groups in total. The van der Waals surface area contributed by atoms with E-state index in [0.29, 0.717) is 12.3 Å². The quantitative estimate of drug-likeness (QED) is 0.420. The molecule has 0 spiro atoms. The molecule has 0 atom stereocenters. The summed E-state index contributed by atoms with van der Waals surface area (Å²) in [6.07, 6.45) is 3.35. The van der Waals surface area contributed by atoms with E-state index in [1.54, 1.807) is 12.4 Å². The Kier molecular flexibility index (Phi) is 4.61. The predicted octanol–water partition coefficient (Wildman–Crippen LogP) is 1.20. The Labute approximate surface area is 105 Å². The molecule has 7 nitrogen and oxygen atoms in total. The maximum Gasteiger partial charge on any atom is 0.293 e. The lowest BCUT2D eigenvalue weighted by atomic mass is 10.2. The molecule has 2 aromatic heterocycles. The van der Waals surface area contributed by atoms with E-state index in [1.165, 1.54) is 0 Å². The lowest BCUT2D eigenvalue weighted by molar-refractivity contribution is -0.138. The molecule has 0 aliphatic rings. The zero-order valence-electron chi connectivity index (χ0n) is 10.6. The van der Waals surface area contributed by atoms with Crippen LogP contribution in [0.5, 0.6) is 0 Å². The number of anilines is 1. The molecule has 0 unspecified atom stereocenters. The molecule has 7 heteroatoms. The van der Waals surface area contributed by atoms with Crippen LogP contribution in [0.25, 0.3) is 11.2 Å². The topological polar surface area (TPSA) is 106 Å². The van der Waals surface area contributed by atoms with Gasteiger partial charge in [-0.25, -0.2) is 15.8 Å². The van der Waals surface area contributed by atoms with E-state index in [0.717, 1.165) is 11.2 Å². The highest BCUT2D eigenvalue weighted by Gasteiger charge is 2.07. The van der Waals surface area contributed by atoms with Crippen molar-refractivity contribution in [2.24, 2.45) is 5.84 Å². The van der Waals surface area contributed by atoms with Gasteiger partial charge in [0.1, 0.15) is 11.1 Å². The van der Waals surface area contributed by atoms with E-state index in [1.807, 2.05) is 26.8 Å². The van der Waals surface area contributed by atoms with Gasteiger partial charge in [0.2, 0.25) is 0 Å². The first kappa shape index (κ1) is 13.9. The van der Waals surface area contributed by atoms with Gasteiger partial charge in [0.05, 0.1) is 6.20 Å². The average molecular weight is 251 g/mol. The SMILES string of the molecule is CC(C)(C)OC=O.NNc1cnc2[nH]ccc2n1. The van der Waals surface area contributed by atoms with Crippen LogP contribution in [-0.4, -0.2) is 27.0 Å². The molecule has 0 aromatic carbocycles. The number of fused-ring (bicyclic) bond motifs is 1. The van der Waals surface area contributed by atoms with Crippen LogP contribution in [-0.2, 0) is 9.53 Å². The van der Waals surface area contributed by atoms with Gasteiger partial charge < -0.3 is 15.1 Å². The second kappa shape index (κ2) is 5.97. The number of carbonyl (C=O) groups excluding carboxylic acids is 1. The van der Waals surface area contributed by atoms with Crippen molar-refractivity contribution in [1.29, 1.82) is 0 Å². The molecule has 2 rings (SSSR count). The highest BCUT2D eigenvalue weighted by Crippen LogP contribution is 2.08. The van der Waals surface area contributed by atoms with Crippen LogP contribution in [0.15, 0.2) is 18.5 Å². The van der Waals surface area contributed by atoms with Crippen molar-refractivity contribution in [2.45, 2.75) is 26.4 Å². The zero-order valence-corrected chi connectivity index (χ0v) is 10.6. The van der Waals surface area contributed by atoms with Gasteiger partial charge in [-0.3, -0.25) is 4.79 Å². The van der Waals surface area contributed by atoms with Gasteiger partial charge in [-0.15, -0.1) is 0 Å². The Balaban J connectivity index is 0.000000203. The molecule has 18 heavy (non-hydrogen) atoms. The number of hydrogen-bond donors (Lipinski definition) is 3. The molecular formula is C11H17N5O2. The maximum atomic E-state index is 9.60. The summed E-state index contributed by atoms with van der Waals surface area (Å²) in [6.45, 7) is 5.92. The molecule has 2 aromatic rings. The minimum absolute atomic E-state index is 0.318. The van der Waals surface area contributed by atoms with E-state index < -0.39 is 0 Å². The number of rotatable bonds is 2. The first-order valence-corrected chi connectivity index (χ1v) is 5.34. The van der Waals surface area contributed by atoms with E-state index in [4.69, 9.17) is 5.84 Å². The van der Waals surface area contributed by atoms with Gasteiger partial charge in [-0.2, -0.15) is 0 Å². The van der Waals surface area contributed by atoms with E-state index in [-0.39, 0.29) is 5.60 Å². The Morgan fingerprint density at radius 3 is 2.72 bits per heavy atom. The first-order valence-electron chi connectivity index (χ1n) is 5.34. The molecule has 0 aliphatic carbocycles. The number of carbonyl (C=O) groups is 1. The monoisotopic (exact) mass is 251 g/mol. The predicted molar refractivity (Wildman–Crippen MR) is 68.6 cm³/mol. The smallest absolute Gasteiger partial charge is 0.293 e. The van der Waals surface area contributed by atoms with Crippen molar-refractivity contribution in [3.63, 3.8) is 0 Å². The normalized spacial score (nSPS) is 10.4. The van der Waals surface area contributed by atoms with E-state index in [2.05, 4.69) is 25.1 Å². The molecular weight excluding hydrogens is 234 g/mol. The van der Waals surface area contributed by atoms with Crippen molar-refractivity contribution in [1.82, 2.24) is 15.0 Å². The standard InChI is InChI=1S/C6H7N5.C5H10O2/c7-11-5-3-9-6-4(10-5)1-2-8-6;1-5(2,3)7-4-6/h1-3H,7H2,(H,8,9)(H,10,11);4H,1-3H3. The number of nitrogens with zero attached hydrogens (tertiary/aromatic N) is 2. The van der Waals surface area contributed by atoms with Gasteiger partial charge in [-0.1, -0.05) is 0 Å². The summed E-state index contributed by atoms with van der Waals surface area (Å²) in [7, 11) is 0. The molecule has 0 saturated carbocycles. The van der Waals surface area contributed by atoms with Crippen molar-refractivity contribution in [2.75, 3.05) is 5.43 Å². The number of aromatic nitrogens is 3. The Morgan fingerprint density at radius 1 is 1.50 bits per heavy atom. The molecule has 2 heterocycles. The average Bonchev–Trinajstić information content (AvgIpc) is 2.74. The van der Waals surface area contributed by atoms with Crippen LogP contribution in [0.1, 0.15) is 20.8 Å². The van der Waals surface area contributed by atoms with Crippen molar-refractivity contribution in [3.8, 4) is 0 Å². The Morgan fingerprint density at radius 2 is 2.22 bits per heavy atom. The van der Waals surface area contributed by atoms with Crippen LogP contribution >= 0.6 is 0 Å². The minimum Gasteiger partial charge on any atom is -0.462 e. The lowest BCUT2D eigenvalue weighted by Crippen LogP contribution is -2.17. The third kappa shape index (κ3) is 4.38. The van der Waals surface area contributed by atoms with E-state index >= 15 is 0 Å². The van der Waals surface area contributed by atoms with Gasteiger partial charge in [0, 0.05) is 6.20 Å². The van der Waals surface area contributed by atoms with Crippen LogP contribution in [0.2, 0.25) is 0 Å². The fourth-order valence-electron chi connectivity index (χ4n) is 1.04. The van der Waals surface area contributed by atoms with Crippen LogP contribution in [0, 0.1) is 0 Å². The van der Waals surface area contributed by atoms with Gasteiger partial charge in [-0.05, 0) is 26.8 Å². The largest absolute Gasteiger partial charge is 0.462 e. The molecule has 0 saturated heterocycles. The molecule has 0 amide bonds. The highest BCUT2D eigenvalue weighted by atomic mass is 16.5. The highest BCUT2D eigenvalue weighted by molar-refractivity contribution is 5.71. The summed E-state index contributed by atoms with van der Waals surface area (Å²) in [5.74, 6) is 5.71. The summed E-state index contributed by atoms with van der Waals surface area (Å²) in [5, 5.41) is 0. The summed E-state index contributed by atoms with van der Waals surface area (Å²) in [6, 6.07) is 1.84. The zero-order chi connectivity index (χ0) is 13.6. The fraction of sp³-hybridized carbons (Fsp3) is 0.364. The number of H-pyrrole nitrogens is 1. The second-order valence-electron chi connectivity index (χ2n) is 4.44. The van der Waals surface area contributed by atoms with Crippen LogP contribution in [0.3, 0.4) is 0 Å². The molecule has 0 aliphatic heterocycles. The molecule has 0 bridgehead atoms. The number of nitrogens with one attached hydrogen (secondary N) is 2. The third-order valence-corrected chi connectivity index (χ3v) is 1.81. The summed E-state index contributed by atoms with van der Waals surface area (Å²) >= 11 is 0. The number of nitrogen functional groups attached to an aromatic ring is 1. The molecule has 98 valence electrons. The maximum absolute atomic E-state index is 9.60. The van der Waals surface area contributed by atoms with E-state index in [9.17, 15) is 4.79 Å². The van der Waals surface area contributed by atoms with Crippen molar-refractivity contribution in [3.05, 3.63) is 18.5 Å². The Bertz CT molecular complexity index is 503. The molecule has 0 radical (unpaired) electrons. The third-order valence-electron chi connectivity index (χ3n) is 1.81. The summed E-state index contributed by atoms with van der Waals surface area (Å²) in [5.41, 5.74) is 3.68. The van der Waals surface area contributed by atoms with Gasteiger partial charge in [0.25, 0.3) is 6.47 Å². The van der Waals surface area contributed by atoms with Crippen molar-refractivity contribution >= 4 is 23.5 Å². The summed E-state index contributed by atoms with van der Waals surface area (Å²) < 4.78 is 4.55. The van der Waals surface area contributed by atoms with Crippen LogP contribution in [0.4, 0.5) is 5.82 Å². The number of hydrogen-bond acceptors (Lipinski definition) is 6. The minimum atomic E-state index is -0.318. The number of ether oxygens (including phenoxy) is 1. The van der Waals surface area contributed by atoms with Gasteiger partial charge in [0.15, 0.2) is 11.5 Å². The number of hydrazine groups is 1. The van der Waals surface area contributed by atoms with Gasteiger partial charge >= 0.3 is 0 Å². The fourth-order valence-corrected chi connectivity index (χ4v) is 1.04. The number of aromatic amines is 1. The van der Waals surface area contributed by atoms with Crippen LogP contribution < -0.4 is 11.3 Å². The molecule has 0 fully saturated rings. The summed E-state index contributed by atoms with van der Waals surface area (Å²) in [4.78, 5) is 20.7. The van der Waals surface area contributed by atoms with Crippen molar-refractivity contribution < 1.29 is 9.53 Å². The second-order valence-corrected chi connectivity index (χ2v) is 4.44. The Hall–Kier alpha value is -2.15.